The highest BCUT2D eigenvalue weighted by Crippen LogP contribution is 2.26. The van der Waals surface area contributed by atoms with Gasteiger partial charge in [-0.25, -0.2) is 4.39 Å². The lowest BCUT2D eigenvalue weighted by Gasteiger charge is -2.12. The molecule has 0 saturated carbocycles. The highest BCUT2D eigenvalue weighted by Gasteiger charge is 2.12. The van der Waals surface area contributed by atoms with E-state index in [-0.39, 0.29) is 17.6 Å². The Kier molecular flexibility index (Phi) is 4.20. The summed E-state index contributed by atoms with van der Waals surface area (Å²) in [5.41, 5.74) is 1.20. The number of rotatable bonds is 4. The Hall–Kier alpha value is -2.20. The number of halogens is 1. The number of fused-ring (bicyclic) bond motifs is 1. The fourth-order valence-electron chi connectivity index (χ4n) is 2.36. The normalized spacial score (nSPS) is 12.3. The van der Waals surface area contributed by atoms with Gasteiger partial charge in [0.1, 0.15) is 5.82 Å². The smallest absolute Gasteiger partial charge is 0.261 e. The predicted octanol–water partition coefficient (Wildman–Crippen LogP) is 4.57. The molecule has 1 amide bonds. The fraction of sp³-hybridized carbons (Fsp3) is 0.167. The molecule has 0 radical (unpaired) electrons. The monoisotopic (exact) mass is 313 g/mol. The standard InChI is InChI=1S/C18H16FNOS/c1-12(13-5-3-2-4-6-13)11-20-18(21)17-10-14-9-15(19)7-8-16(14)22-17/h2-10,12H,11H2,1H3,(H,20,21)/t12-/m1/s1. The number of carbonyl (C=O) groups excluding carboxylic acids is 1. The lowest BCUT2D eigenvalue weighted by atomic mass is 10.0. The van der Waals surface area contributed by atoms with E-state index in [0.29, 0.717) is 11.4 Å². The van der Waals surface area contributed by atoms with E-state index in [9.17, 15) is 9.18 Å². The van der Waals surface area contributed by atoms with Gasteiger partial charge >= 0.3 is 0 Å². The molecule has 112 valence electrons. The first kappa shape index (κ1) is 14.7. The lowest BCUT2D eigenvalue weighted by Crippen LogP contribution is -2.26. The largest absolute Gasteiger partial charge is 0.351 e. The van der Waals surface area contributed by atoms with Crippen LogP contribution >= 0.6 is 11.3 Å². The Labute approximate surface area is 132 Å². The molecule has 0 bridgehead atoms. The number of amides is 1. The molecular formula is C18H16FNOS. The van der Waals surface area contributed by atoms with Gasteiger partial charge in [0.05, 0.1) is 4.88 Å². The zero-order chi connectivity index (χ0) is 15.5. The van der Waals surface area contributed by atoms with E-state index >= 15 is 0 Å². The summed E-state index contributed by atoms with van der Waals surface area (Å²) in [5.74, 6) is -0.142. The molecule has 2 nitrogen and oxygen atoms in total. The highest BCUT2D eigenvalue weighted by molar-refractivity contribution is 7.20. The van der Waals surface area contributed by atoms with E-state index in [2.05, 4.69) is 24.4 Å². The minimum absolute atomic E-state index is 0.107. The van der Waals surface area contributed by atoms with Crippen molar-refractivity contribution >= 4 is 27.3 Å². The minimum atomic E-state index is -0.282. The summed E-state index contributed by atoms with van der Waals surface area (Å²) >= 11 is 1.38. The van der Waals surface area contributed by atoms with Crippen molar-refractivity contribution in [2.75, 3.05) is 6.54 Å². The maximum Gasteiger partial charge on any atom is 0.261 e. The highest BCUT2D eigenvalue weighted by atomic mass is 32.1. The van der Waals surface area contributed by atoms with Crippen LogP contribution in [0.3, 0.4) is 0 Å². The summed E-state index contributed by atoms with van der Waals surface area (Å²) in [7, 11) is 0. The fourth-order valence-corrected chi connectivity index (χ4v) is 3.32. The summed E-state index contributed by atoms with van der Waals surface area (Å²) in [6.07, 6.45) is 0. The molecule has 0 fully saturated rings. The third-order valence-electron chi connectivity index (χ3n) is 3.64. The molecule has 0 aliphatic rings. The zero-order valence-corrected chi connectivity index (χ0v) is 13.0. The van der Waals surface area contributed by atoms with Crippen molar-refractivity contribution in [1.82, 2.24) is 5.32 Å². The molecule has 0 spiro atoms. The number of hydrogen-bond donors (Lipinski definition) is 1. The molecule has 0 saturated heterocycles. The Morgan fingerprint density at radius 2 is 1.95 bits per heavy atom. The van der Waals surface area contributed by atoms with Gasteiger partial charge in [-0.05, 0) is 41.1 Å². The quantitative estimate of drug-likeness (QED) is 0.751. The van der Waals surface area contributed by atoms with E-state index in [0.717, 1.165) is 10.1 Å². The van der Waals surface area contributed by atoms with Gasteiger partial charge in [-0.15, -0.1) is 11.3 Å². The third-order valence-corrected chi connectivity index (χ3v) is 4.75. The lowest BCUT2D eigenvalue weighted by molar-refractivity contribution is 0.0956. The molecule has 0 aliphatic heterocycles. The summed E-state index contributed by atoms with van der Waals surface area (Å²) in [5, 5.41) is 3.72. The minimum Gasteiger partial charge on any atom is -0.351 e. The maximum absolute atomic E-state index is 13.2. The zero-order valence-electron chi connectivity index (χ0n) is 12.2. The van der Waals surface area contributed by atoms with Gasteiger partial charge in [0, 0.05) is 11.2 Å². The molecule has 1 atom stereocenters. The molecule has 3 aromatic rings. The molecule has 2 aromatic carbocycles. The second-order valence-electron chi connectivity index (χ2n) is 5.31. The Balaban J connectivity index is 1.68. The van der Waals surface area contributed by atoms with Gasteiger partial charge in [-0.2, -0.15) is 0 Å². The van der Waals surface area contributed by atoms with Crippen molar-refractivity contribution in [1.29, 1.82) is 0 Å². The molecule has 1 heterocycles. The van der Waals surface area contributed by atoms with E-state index in [1.165, 1.54) is 29.0 Å². The number of carbonyl (C=O) groups is 1. The van der Waals surface area contributed by atoms with Gasteiger partial charge in [0.15, 0.2) is 0 Å². The van der Waals surface area contributed by atoms with Crippen LogP contribution in [0.1, 0.15) is 28.1 Å². The molecular weight excluding hydrogens is 297 g/mol. The molecule has 4 heteroatoms. The number of thiophene rings is 1. The molecule has 0 unspecified atom stereocenters. The van der Waals surface area contributed by atoms with Crippen molar-refractivity contribution in [3.63, 3.8) is 0 Å². The summed E-state index contributed by atoms with van der Waals surface area (Å²) < 4.78 is 14.1. The van der Waals surface area contributed by atoms with E-state index in [1.807, 2.05) is 18.2 Å². The first-order valence-electron chi connectivity index (χ1n) is 7.16. The van der Waals surface area contributed by atoms with Crippen molar-refractivity contribution in [3.8, 4) is 0 Å². The molecule has 22 heavy (non-hydrogen) atoms. The maximum atomic E-state index is 13.2. The first-order valence-corrected chi connectivity index (χ1v) is 7.97. The average Bonchev–Trinajstić information content (AvgIpc) is 2.96. The Bertz CT molecular complexity index is 797. The Morgan fingerprint density at radius 1 is 1.18 bits per heavy atom. The Morgan fingerprint density at radius 3 is 2.73 bits per heavy atom. The van der Waals surface area contributed by atoms with E-state index < -0.39 is 0 Å². The third kappa shape index (κ3) is 3.17. The van der Waals surface area contributed by atoms with Gasteiger partial charge in [0.25, 0.3) is 5.91 Å². The van der Waals surface area contributed by atoms with Crippen LogP contribution in [0.15, 0.2) is 54.6 Å². The number of benzene rings is 2. The molecule has 1 aromatic heterocycles. The van der Waals surface area contributed by atoms with Gasteiger partial charge in [0.2, 0.25) is 0 Å². The number of hydrogen-bond acceptors (Lipinski definition) is 2. The van der Waals surface area contributed by atoms with E-state index in [1.54, 1.807) is 12.1 Å². The van der Waals surface area contributed by atoms with Crippen LogP contribution in [0.2, 0.25) is 0 Å². The van der Waals surface area contributed by atoms with Crippen LogP contribution in [0.5, 0.6) is 0 Å². The van der Waals surface area contributed by atoms with Crippen LogP contribution in [0, 0.1) is 5.82 Å². The SMILES string of the molecule is C[C@H](CNC(=O)c1cc2cc(F)ccc2s1)c1ccccc1. The van der Waals surface area contributed by atoms with Crippen molar-refractivity contribution in [2.45, 2.75) is 12.8 Å². The van der Waals surface area contributed by atoms with Gasteiger partial charge in [-0.3, -0.25) is 4.79 Å². The summed E-state index contributed by atoms with van der Waals surface area (Å²) in [6, 6.07) is 16.4. The average molecular weight is 313 g/mol. The van der Waals surface area contributed by atoms with Crippen molar-refractivity contribution in [3.05, 3.63) is 70.9 Å². The molecule has 0 aliphatic carbocycles. The first-order chi connectivity index (χ1) is 10.6. The topological polar surface area (TPSA) is 29.1 Å². The van der Waals surface area contributed by atoms with Crippen molar-refractivity contribution in [2.24, 2.45) is 0 Å². The van der Waals surface area contributed by atoms with Crippen LogP contribution in [0.4, 0.5) is 4.39 Å². The summed E-state index contributed by atoms with van der Waals surface area (Å²) in [4.78, 5) is 12.9. The van der Waals surface area contributed by atoms with Gasteiger partial charge < -0.3 is 5.32 Å². The summed E-state index contributed by atoms with van der Waals surface area (Å²) in [6.45, 7) is 2.65. The van der Waals surface area contributed by atoms with Crippen LogP contribution in [-0.4, -0.2) is 12.5 Å². The predicted molar refractivity (Wildman–Crippen MR) is 89.0 cm³/mol. The molecule has 3 rings (SSSR count). The van der Waals surface area contributed by atoms with Crippen LogP contribution in [0.25, 0.3) is 10.1 Å². The van der Waals surface area contributed by atoms with Gasteiger partial charge in [-0.1, -0.05) is 37.3 Å². The molecule has 1 N–H and O–H groups in total. The second-order valence-corrected chi connectivity index (χ2v) is 6.40. The second kappa shape index (κ2) is 6.28. The number of nitrogens with one attached hydrogen (secondary N) is 1. The van der Waals surface area contributed by atoms with Crippen molar-refractivity contribution < 1.29 is 9.18 Å². The van der Waals surface area contributed by atoms with Crippen LogP contribution < -0.4 is 5.32 Å². The van der Waals surface area contributed by atoms with Crippen LogP contribution in [-0.2, 0) is 0 Å². The van der Waals surface area contributed by atoms with E-state index in [4.69, 9.17) is 0 Å².